The summed E-state index contributed by atoms with van der Waals surface area (Å²) in [4.78, 5) is 26.1. The van der Waals surface area contributed by atoms with E-state index in [0.717, 1.165) is 27.1 Å². The van der Waals surface area contributed by atoms with Gasteiger partial charge in [-0.3, -0.25) is 23.9 Å². The van der Waals surface area contributed by atoms with Crippen LogP contribution in [0.3, 0.4) is 0 Å². The molecule has 0 saturated carbocycles. The van der Waals surface area contributed by atoms with Crippen LogP contribution in [0.15, 0.2) is 90.1 Å². The first-order valence-electron chi connectivity index (χ1n) is 12.8. The van der Waals surface area contributed by atoms with E-state index in [4.69, 9.17) is 16.3 Å². The van der Waals surface area contributed by atoms with Gasteiger partial charge in [-0.15, -0.1) is 0 Å². The summed E-state index contributed by atoms with van der Waals surface area (Å²) in [7, 11) is 0. The molecule has 3 aromatic heterocycles. The number of pyridine rings is 1. The lowest BCUT2D eigenvalue weighted by molar-refractivity contribution is 0.102. The highest BCUT2D eigenvalue weighted by Crippen LogP contribution is 2.38. The molecule has 210 valence electrons. The minimum Gasteiger partial charge on any atom is -0.454 e. The van der Waals surface area contributed by atoms with Gasteiger partial charge < -0.3 is 10.1 Å². The molecule has 6 rings (SSSR count). The lowest BCUT2D eigenvalue weighted by Gasteiger charge is -2.14. The smallest absolute Gasteiger partial charge is 0.269 e. The zero-order valence-corrected chi connectivity index (χ0v) is 22.7. The second kappa shape index (κ2) is 10.9. The number of nitrogens with zero attached hydrogens (tertiary/aromatic N) is 4. The first-order chi connectivity index (χ1) is 20.3. The molecule has 0 atom stereocenters. The molecule has 6 aromatic rings. The predicted octanol–water partition coefficient (Wildman–Crippen LogP) is 6.57. The van der Waals surface area contributed by atoms with Crippen molar-refractivity contribution in [3.8, 4) is 28.3 Å². The van der Waals surface area contributed by atoms with Crippen LogP contribution in [0.1, 0.15) is 17.3 Å². The second-order valence-corrected chi connectivity index (χ2v) is 9.63. The number of fused-ring (bicyclic) bond motifs is 1. The number of H-pyrrole nitrogens is 1. The molecule has 0 aliphatic heterocycles. The van der Waals surface area contributed by atoms with Gasteiger partial charge in [-0.25, -0.2) is 8.78 Å². The van der Waals surface area contributed by atoms with Crippen LogP contribution >= 0.6 is 11.6 Å². The highest BCUT2D eigenvalue weighted by atomic mass is 35.5. The number of carbonyl (C=O) groups is 1. The van der Waals surface area contributed by atoms with E-state index in [9.17, 15) is 14.0 Å². The average molecular weight is 587 g/mol. The summed E-state index contributed by atoms with van der Waals surface area (Å²) in [6, 6.07) is 15.3. The fourth-order valence-corrected chi connectivity index (χ4v) is 4.80. The molecule has 12 heteroatoms. The van der Waals surface area contributed by atoms with Crippen LogP contribution in [0.2, 0.25) is 5.15 Å². The maximum atomic E-state index is 15.3. The summed E-state index contributed by atoms with van der Waals surface area (Å²) in [6.07, 6.45) is 5.05. The number of carbonyl (C=O) groups excluding carboxylic acids is 1. The van der Waals surface area contributed by atoms with Crippen molar-refractivity contribution in [1.29, 1.82) is 0 Å². The Kier molecular flexibility index (Phi) is 7.01. The SMILES string of the molecule is CCn1ncc2cc(Oc3ccc(NC(=O)c4ccc(Cl)n(-c5ccc(F)cc5)c4=O)cc3F)c(-c3cn[nH]c3)cc21. The lowest BCUT2D eigenvalue weighted by Crippen LogP contribution is -2.28. The van der Waals surface area contributed by atoms with Gasteiger partial charge in [0.05, 0.1) is 23.6 Å². The molecule has 3 heterocycles. The van der Waals surface area contributed by atoms with Crippen LogP contribution < -0.4 is 15.6 Å². The van der Waals surface area contributed by atoms with E-state index < -0.39 is 23.1 Å². The molecule has 0 radical (unpaired) electrons. The quantitative estimate of drug-likeness (QED) is 0.206. The van der Waals surface area contributed by atoms with Gasteiger partial charge in [-0.05, 0) is 67.6 Å². The number of ether oxygens (including phenoxy) is 1. The van der Waals surface area contributed by atoms with Crippen LogP contribution in [-0.2, 0) is 6.54 Å². The standard InChI is InChI=1S/C30H21ClF2N6O3/c1-2-38-25-13-23(18-14-34-35-15-18)27(11-17(25)16-36-38)42-26-9-5-20(12-24(26)33)37-29(40)22-8-10-28(31)39(30(22)41)21-6-3-19(32)4-7-21/h3-16H,2H2,1H3,(H,34,35)(H,37,40). The number of halogens is 3. The molecule has 0 aliphatic carbocycles. The number of aromatic amines is 1. The minimum absolute atomic E-state index is 0.0331. The molecule has 1 amide bonds. The van der Waals surface area contributed by atoms with Gasteiger partial charge in [-0.1, -0.05) is 11.6 Å². The normalized spacial score (nSPS) is 11.1. The van der Waals surface area contributed by atoms with Crippen molar-refractivity contribution in [3.63, 3.8) is 0 Å². The highest BCUT2D eigenvalue weighted by Gasteiger charge is 2.18. The number of benzene rings is 3. The Morgan fingerprint density at radius 3 is 2.55 bits per heavy atom. The summed E-state index contributed by atoms with van der Waals surface area (Å²) < 4.78 is 37.5. The van der Waals surface area contributed by atoms with E-state index in [-0.39, 0.29) is 27.8 Å². The molecule has 0 unspecified atom stereocenters. The number of anilines is 1. The Balaban J connectivity index is 1.28. The third kappa shape index (κ3) is 5.01. The van der Waals surface area contributed by atoms with E-state index in [1.807, 2.05) is 17.7 Å². The van der Waals surface area contributed by atoms with Crippen molar-refractivity contribution in [2.75, 3.05) is 5.32 Å². The number of amides is 1. The highest BCUT2D eigenvalue weighted by molar-refractivity contribution is 6.30. The van der Waals surface area contributed by atoms with E-state index >= 15 is 4.39 Å². The number of hydrogen-bond acceptors (Lipinski definition) is 5. The molecule has 0 fully saturated rings. The van der Waals surface area contributed by atoms with Gasteiger partial charge in [0.25, 0.3) is 11.5 Å². The van der Waals surface area contributed by atoms with Crippen molar-refractivity contribution in [1.82, 2.24) is 24.5 Å². The van der Waals surface area contributed by atoms with Crippen LogP contribution in [-0.4, -0.2) is 30.5 Å². The van der Waals surface area contributed by atoms with Gasteiger partial charge in [0.1, 0.15) is 22.3 Å². The second-order valence-electron chi connectivity index (χ2n) is 9.24. The lowest BCUT2D eigenvalue weighted by atomic mass is 10.1. The zero-order valence-electron chi connectivity index (χ0n) is 21.9. The van der Waals surface area contributed by atoms with E-state index in [1.165, 1.54) is 48.5 Å². The molecule has 0 bridgehead atoms. The largest absolute Gasteiger partial charge is 0.454 e. The van der Waals surface area contributed by atoms with Gasteiger partial charge in [0, 0.05) is 41.0 Å². The van der Waals surface area contributed by atoms with Crippen molar-refractivity contribution in [2.24, 2.45) is 0 Å². The van der Waals surface area contributed by atoms with Gasteiger partial charge in [-0.2, -0.15) is 10.2 Å². The van der Waals surface area contributed by atoms with Crippen molar-refractivity contribution in [2.45, 2.75) is 13.5 Å². The molecule has 0 saturated heterocycles. The number of rotatable bonds is 7. The van der Waals surface area contributed by atoms with E-state index in [2.05, 4.69) is 20.6 Å². The molecule has 9 nitrogen and oxygen atoms in total. The Hall–Kier alpha value is -5.29. The van der Waals surface area contributed by atoms with Crippen molar-refractivity contribution < 1.29 is 18.3 Å². The minimum atomic E-state index is -0.777. The zero-order chi connectivity index (χ0) is 29.4. The molecule has 2 N–H and O–H groups in total. The number of nitrogens with one attached hydrogen (secondary N) is 2. The first-order valence-corrected chi connectivity index (χ1v) is 13.1. The average Bonchev–Trinajstić information content (AvgIpc) is 3.65. The summed E-state index contributed by atoms with van der Waals surface area (Å²) in [5.74, 6) is -1.70. The molecule has 42 heavy (non-hydrogen) atoms. The third-order valence-electron chi connectivity index (χ3n) is 6.63. The van der Waals surface area contributed by atoms with Crippen LogP contribution in [0, 0.1) is 11.6 Å². The van der Waals surface area contributed by atoms with Gasteiger partial charge in [0.2, 0.25) is 0 Å². The van der Waals surface area contributed by atoms with Crippen molar-refractivity contribution >= 4 is 34.1 Å². The number of aromatic nitrogens is 5. The van der Waals surface area contributed by atoms with Crippen molar-refractivity contribution in [3.05, 3.63) is 118 Å². The molecule has 3 aromatic carbocycles. The first kappa shape index (κ1) is 26.9. The van der Waals surface area contributed by atoms with Crippen LogP contribution in [0.25, 0.3) is 27.7 Å². The van der Waals surface area contributed by atoms with Gasteiger partial charge >= 0.3 is 0 Å². The van der Waals surface area contributed by atoms with Crippen LogP contribution in [0.5, 0.6) is 11.5 Å². The van der Waals surface area contributed by atoms with E-state index in [1.54, 1.807) is 24.7 Å². The Morgan fingerprint density at radius 2 is 1.83 bits per heavy atom. The predicted molar refractivity (Wildman–Crippen MR) is 154 cm³/mol. The summed E-state index contributed by atoms with van der Waals surface area (Å²) in [5.41, 5.74) is 1.74. The van der Waals surface area contributed by atoms with E-state index in [0.29, 0.717) is 17.9 Å². The maximum absolute atomic E-state index is 15.3. The summed E-state index contributed by atoms with van der Waals surface area (Å²) in [6.45, 7) is 2.66. The summed E-state index contributed by atoms with van der Waals surface area (Å²) in [5, 5.41) is 14.5. The monoisotopic (exact) mass is 586 g/mol. The number of aryl methyl sites for hydroxylation is 1. The molecular weight excluding hydrogens is 566 g/mol. The number of hydrogen-bond donors (Lipinski definition) is 2. The fraction of sp³-hybridized carbons (Fsp3) is 0.0667. The van der Waals surface area contributed by atoms with Gasteiger partial charge in [0.15, 0.2) is 11.6 Å². The molecular formula is C30H21ClF2N6O3. The molecule has 0 aliphatic rings. The Bertz CT molecular complexity index is 2000. The third-order valence-corrected chi connectivity index (χ3v) is 6.92. The summed E-state index contributed by atoms with van der Waals surface area (Å²) >= 11 is 6.19. The fourth-order valence-electron chi connectivity index (χ4n) is 4.56. The Morgan fingerprint density at radius 1 is 1.02 bits per heavy atom. The van der Waals surface area contributed by atoms with Crippen LogP contribution in [0.4, 0.5) is 14.5 Å². The molecule has 0 spiro atoms. The topological polar surface area (TPSA) is 107 Å². The Labute approximate surface area is 241 Å². The maximum Gasteiger partial charge on any atom is 0.269 e.